The summed E-state index contributed by atoms with van der Waals surface area (Å²) in [5.41, 5.74) is 2.12. The van der Waals surface area contributed by atoms with Crippen molar-refractivity contribution < 1.29 is 0 Å². The number of aromatic nitrogens is 1. The lowest BCUT2D eigenvalue weighted by Gasteiger charge is -2.36. The van der Waals surface area contributed by atoms with Crippen LogP contribution in [0.15, 0.2) is 30.5 Å². The Morgan fingerprint density at radius 2 is 2.00 bits per heavy atom. The fourth-order valence-electron chi connectivity index (χ4n) is 3.09. The predicted molar refractivity (Wildman–Crippen MR) is 87.1 cm³/mol. The molecule has 3 rings (SSSR count). The summed E-state index contributed by atoms with van der Waals surface area (Å²) in [4.78, 5) is 6.72. The van der Waals surface area contributed by atoms with Crippen LogP contribution in [0.1, 0.15) is 25.7 Å². The Morgan fingerprint density at radius 3 is 2.80 bits per heavy atom. The molecule has 1 aliphatic rings. The van der Waals surface area contributed by atoms with Crippen LogP contribution in [0.2, 0.25) is 5.02 Å². The van der Waals surface area contributed by atoms with Crippen LogP contribution in [0, 0.1) is 0 Å². The van der Waals surface area contributed by atoms with E-state index in [4.69, 9.17) is 23.2 Å². The van der Waals surface area contributed by atoms with Crippen LogP contribution in [0.25, 0.3) is 10.9 Å². The summed E-state index contributed by atoms with van der Waals surface area (Å²) < 4.78 is 0. The van der Waals surface area contributed by atoms with Gasteiger partial charge in [0.25, 0.3) is 0 Å². The van der Waals surface area contributed by atoms with E-state index >= 15 is 0 Å². The zero-order chi connectivity index (χ0) is 14.1. The Kier molecular flexibility index (Phi) is 4.04. The summed E-state index contributed by atoms with van der Waals surface area (Å²) in [5.74, 6) is 0. The molecule has 0 amide bonds. The molecular formula is C16H18Cl2N2. The number of nitrogens with zero attached hydrogens (tertiary/aromatic N) is 2. The van der Waals surface area contributed by atoms with Crippen LogP contribution in [-0.2, 0) is 0 Å². The van der Waals surface area contributed by atoms with E-state index in [2.05, 4.69) is 23.0 Å². The standard InChI is InChI=1S/C16H18Cl2N2/c1-20(16-5-3-2-4-13(16)18)15-8-9-19-14-10-11(17)6-7-12(14)15/h6-10,13,16H,2-5H2,1H3. The maximum Gasteiger partial charge on any atom is 0.0737 e. The molecule has 1 saturated carbocycles. The van der Waals surface area contributed by atoms with Gasteiger partial charge in [-0.25, -0.2) is 0 Å². The zero-order valence-electron chi connectivity index (χ0n) is 11.5. The Bertz CT molecular complexity index is 614. The van der Waals surface area contributed by atoms with Gasteiger partial charge in [0, 0.05) is 35.4 Å². The summed E-state index contributed by atoms with van der Waals surface area (Å²) in [5, 5.41) is 2.08. The molecule has 2 atom stereocenters. The molecular weight excluding hydrogens is 291 g/mol. The van der Waals surface area contributed by atoms with Crippen molar-refractivity contribution in [2.24, 2.45) is 0 Å². The van der Waals surface area contributed by atoms with Crippen LogP contribution in [0.4, 0.5) is 5.69 Å². The van der Waals surface area contributed by atoms with Gasteiger partial charge in [0.2, 0.25) is 0 Å². The molecule has 0 aliphatic heterocycles. The lowest BCUT2D eigenvalue weighted by molar-refractivity contribution is 0.435. The van der Waals surface area contributed by atoms with Crippen molar-refractivity contribution in [3.8, 4) is 0 Å². The molecule has 4 heteroatoms. The highest BCUT2D eigenvalue weighted by Gasteiger charge is 2.27. The van der Waals surface area contributed by atoms with Crippen molar-refractivity contribution in [2.45, 2.75) is 37.1 Å². The van der Waals surface area contributed by atoms with Crippen LogP contribution in [0.3, 0.4) is 0 Å². The molecule has 0 bridgehead atoms. The van der Waals surface area contributed by atoms with Crippen LogP contribution in [-0.4, -0.2) is 23.5 Å². The van der Waals surface area contributed by atoms with E-state index in [0.29, 0.717) is 6.04 Å². The highest BCUT2D eigenvalue weighted by molar-refractivity contribution is 6.31. The van der Waals surface area contributed by atoms with Gasteiger partial charge < -0.3 is 4.90 Å². The molecule has 0 N–H and O–H groups in total. The Morgan fingerprint density at radius 1 is 1.20 bits per heavy atom. The lowest BCUT2D eigenvalue weighted by atomic mass is 9.93. The van der Waals surface area contributed by atoms with Gasteiger partial charge >= 0.3 is 0 Å². The van der Waals surface area contributed by atoms with Gasteiger partial charge in [-0.2, -0.15) is 0 Å². The average molecular weight is 309 g/mol. The van der Waals surface area contributed by atoms with Crippen LogP contribution in [0.5, 0.6) is 0 Å². The molecule has 0 radical (unpaired) electrons. The fourth-order valence-corrected chi connectivity index (χ4v) is 3.71. The average Bonchev–Trinajstić information content (AvgIpc) is 2.46. The van der Waals surface area contributed by atoms with Gasteiger partial charge in [-0.3, -0.25) is 4.98 Å². The van der Waals surface area contributed by atoms with Gasteiger partial charge in [0.05, 0.1) is 10.9 Å². The second-order valence-corrected chi connectivity index (χ2v) is 6.47. The number of fused-ring (bicyclic) bond motifs is 1. The number of benzene rings is 1. The summed E-state index contributed by atoms with van der Waals surface area (Å²) in [6.07, 6.45) is 6.60. The third kappa shape index (κ3) is 2.59. The van der Waals surface area contributed by atoms with Crippen molar-refractivity contribution in [3.63, 3.8) is 0 Å². The van der Waals surface area contributed by atoms with Gasteiger partial charge in [0.1, 0.15) is 0 Å². The summed E-state index contributed by atoms with van der Waals surface area (Å²) >= 11 is 12.6. The molecule has 1 aliphatic carbocycles. The number of rotatable bonds is 2. The maximum absolute atomic E-state index is 6.53. The van der Waals surface area contributed by atoms with E-state index in [1.165, 1.54) is 18.5 Å². The first-order valence-electron chi connectivity index (χ1n) is 7.08. The Balaban J connectivity index is 2.00. The number of pyridine rings is 1. The lowest BCUT2D eigenvalue weighted by Crippen LogP contribution is -2.41. The number of halogens is 2. The predicted octanol–water partition coefficient (Wildman–Crippen LogP) is 4.87. The van der Waals surface area contributed by atoms with E-state index in [0.717, 1.165) is 28.8 Å². The normalized spacial score (nSPS) is 22.9. The SMILES string of the molecule is CN(c1ccnc2cc(Cl)ccc12)C1CCCCC1Cl. The van der Waals surface area contributed by atoms with E-state index < -0.39 is 0 Å². The van der Waals surface area contributed by atoms with Crippen molar-refractivity contribution in [1.29, 1.82) is 0 Å². The van der Waals surface area contributed by atoms with Crippen molar-refractivity contribution >= 4 is 39.8 Å². The molecule has 0 saturated heterocycles. The highest BCUT2D eigenvalue weighted by Crippen LogP contribution is 2.33. The second-order valence-electron chi connectivity index (χ2n) is 5.47. The maximum atomic E-state index is 6.53. The smallest absolute Gasteiger partial charge is 0.0737 e. The molecule has 2 aromatic rings. The van der Waals surface area contributed by atoms with E-state index in [1.54, 1.807) is 0 Å². The highest BCUT2D eigenvalue weighted by atomic mass is 35.5. The first-order chi connectivity index (χ1) is 9.66. The zero-order valence-corrected chi connectivity index (χ0v) is 13.0. The van der Waals surface area contributed by atoms with E-state index in [1.807, 2.05) is 24.4 Å². The number of hydrogen-bond donors (Lipinski definition) is 0. The molecule has 1 aromatic carbocycles. The Labute approximate surface area is 129 Å². The minimum Gasteiger partial charge on any atom is -0.370 e. The summed E-state index contributed by atoms with van der Waals surface area (Å²) in [7, 11) is 2.13. The molecule has 106 valence electrons. The topological polar surface area (TPSA) is 16.1 Å². The van der Waals surface area contributed by atoms with Crippen molar-refractivity contribution in [3.05, 3.63) is 35.5 Å². The Hall–Kier alpha value is -0.990. The molecule has 1 aromatic heterocycles. The number of hydrogen-bond acceptors (Lipinski definition) is 2. The third-order valence-electron chi connectivity index (χ3n) is 4.21. The minimum absolute atomic E-state index is 0.226. The summed E-state index contributed by atoms with van der Waals surface area (Å²) in [6, 6.07) is 8.33. The van der Waals surface area contributed by atoms with Gasteiger partial charge in [-0.05, 0) is 37.1 Å². The molecule has 2 unspecified atom stereocenters. The van der Waals surface area contributed by atoms with Gasteiger partial charge in [0.15, 0.2) is 0 Å². The van der Waals surface area contributed by atoms with Crippen LogP contribution >= 0.6 is 23.2 Å². The van der Waals surface area contributed by atoms with Gasteiger partial charge in [-0.1, -0.05) is 24.4 Å². The first kappa shape index (κ1) is 14.0. The van der Waals surface area contributed by atoms with Crippen LogP contribution < -0.4 is 4.90 Å². The first-order valence-corrected chi connectivity index (χ1v) is 7.89. The molecule has 1 fully saturated rings. The molecule has 2 nitrogen and oxygen atoms in total. The van der Waals surface area contributed by atoms with E-state index in [-0.39, 0.29) is 5.38 Å². The molecule has 1 heterocycles. The molecule has 0 spiro atoms. The third-order valence-corrected chi connectivity index (χ3v) is 4.95. The summed E-state index contributed by atoms with van der Waals surface area (Å²) in [6.45, 7) is 0. The largest absolute Gasteiger partial charge is 0.370 e. The minimum atomic E-state index is 0.226. The molecule has 20 heavy (non-hydrogen) atoms. The number of alkyl halides is 1. The quantitative estimate of drug-likeness (QED) is 0.735. The van der Waals surface area contributed by atoms with Crippen molar-refractivity contribution in [2.75, 3.05) is 11.9 Å². The fraction of sp³-hybridized carbons (Fsp3) is 0.438. The number of anilines is 1. The van der Waals surface area contributed by atoms with Crippen molar-refractivity contribution in [1.82, 2.24) is 4.98 Å². The second kappa shape index (κ2) is 5.79. The van der Waals surface area contributed by atoms with Gasteiger partial charge in [-0.15, -0.1) is 11.6 Å². The van der Waals surface area contributed by atoms with E-state index in [9.17, 15) is 0 Å². The monoisotopic (exact) mass is 308 g/mol.